The summed E-state index contributed by atoms with van der Waals surface area (Å²) in [7, 11) is 6.67. The maximum Gasteiger partial charge on any atom is 0.330 e. The highest BCUT2D eigenvalue weighted by atomic mass is 35.5. The lowest BCUT2D eigenvalue weighted by atomic mass is 9.96. The Balaban J connectivity index is 1.48. The summed E-state index contributed by atoms with van der Waals surface area (Å²) < 4.78 is 10.9. The van der Waals surface area contributed by atoms with Gasteiger partial charge in [-0.2, -0.15) is 4.98 Å². The molecule has 2 fully saturated rings. The first-order valence-electron chi connectivity index (χ1n) is 17.7. The average molecular weight is 746 g/mol. The molecule has 2 aromatic rings. The van der Waals surface area contributed by atoms with E-state index >= 15 is 0 Å². The van der Waals surface area contributed by atoms with Gasteiger partial charge in [0.2, 0.25) is 17.8 Å². The third-order valence-corrected chi connectivity index (χ3v) is 10.9. The van der Waals surface area contributed by atoms with Gasteiger partial charge < -0.3 is 29.5 Å². The molecule has 0 radical (unpaired) electrons. The number of benzene rings is 1. The second-order valence-electron chi connectivity index (χ2n) is 13.5. The third-order valence-electron chi connectivity index (χ3n) is 10.2. The van der Waals surface area contributed by atoms with Crippen LogP contribution < -0.4 is 29.5 Å². The van der Waals surface area contributed by atoms with Crippen LogP contribution in [0, 0.1) is 5.92 Å². The van der Waals surface area contributed by atoms with Crippen molar-refractivity contribution in [3.05, 3.63) is 40.5 Å². The molecule has 15 heteroatoms. The highest BCUT2D eigenvalue weighted by Gasteiger charge is 2.43. The number of amides is 4. The quantitative estimate of drug-likeness (QED) is 0.201. The van der Waals surface area contributed by atoms with Crippen LogP contribution in [-0.4, -0.2) is 111 Å². The molecule has 13 nitrogen and oxygen atoms in total. The number of halogens is 2. The molecular formula is C36H50Cl2N8O5. The number of urea groups is 1. The Morgan fingerprint density at radius 1 is 1.06 bits per heavy atom. The Hall–Kier alpha value is -3.81. The Kier molecular flexibility index (Phi) is 12.9. The lowest BCUT2D eigenvalue weighted by molar-refractivity contribution is -0.136. The average Bonchev–Trinajstić information content (AvgIpc) is 3.54. The summed E-state index contributed by atoms with van der Waals surface area (Å²) in [5, 5.41) is 3.44. The van der Waals surface area contributed by atoms with E-state index < -0.39 is 6.03 Å². The lowest BCUT2D eigenvalue weighted by Crippen LogP contribution is -2.52. The van der Waals surface area contributed by atoms with Crippen LogP contribution in [0.1, 0.15) is 57.4 Å². The smallest absolute Gasteiger partial charge is 0.330 e. The molecule has 1 aromatic heterocycles. The number of rotatable bonds is 14. The fourth-order valence-electron chi connectivity index (χ4n) is 7.20. The number of anilines is 3. The summed E-state index contributed by atoms with van der Waals surface area (Å²) in [4.78, 5) is 59.5. The van der Waals surface area contributed by atoms with Crippen LogP contribution >= 0.6 is 23.2 Å². The molecule has 3 aliphatic rings. The molecule has 2 unspecified atom stereocenters. The van der Waals surface area contributed by atoms with Gasteiger partial charge in [0.25, 0.3) is 0 Å². The van der Waals surface area contributed by atoms with E-state index in [0.717, 1.165) is 58.0 Å². The van der Waals surface area contributed by atoms with E-state index in [-0.39, 0.29) is 52.1 Å². The fraction of sp³-hybridized carbons (Fsp3) is 0.583. The number of likely N-dealkylation sites (tertiary alicyclic amines) is 2. The van der Waals surface area contributed by atoms with Gasteiger partial charge in [0.15, 0.2) is 0 Å². The summed E-state index contributed by atoms with van der Waals surface area (Å²) in [6.07, 6.45) is 9.85. The van der Waals surface area contributed by atoms with Crippen molar-refractivity contribution >= 4 is 58.5 Å². The maximum absolute atomic E-state index is 14.0. The monoisotopic (exact) mass is 744 g/mol. The Bertz CT molecular complexity index is 1580. The summed E-state index contributed by atoms with van der Waals surface area (Å²) in [6, 6.07) is 0.506. The van der Waals surface area contributed by atoms with Crippen LogP contribution in [0.3, 0.4) is 0 Å². The fourth-order valence-corrected chi connectivity index (χ4v) is 7.91. The number of unbranched alkanes of at least 4 members (excludes halogenated alkanes) is 4. The Morgan fingerprint density at radius 3 is 2.35 bits per heavy atom. The van der Waals surface area contributed by atoms with E-state index in [2.05, 4.69) is 35.7 Å². The molecule has 278 valence electrons. The minimum absolute atomic E-state index is 0.0487. The number of ether oxygens (including phenoxy) is 2. The van der Waals surface area contributed by atoms with Crippen LogP contribution in [0.2, 0.25) is 10.0 Å². The zero-order valence-electron chi connectivity index (χ0n) is 30.3. The van der Waals surface area contributed by atoms with E-state index in [1.54, 1.807) is 19.3 Å². The molecule has 1 N–H and O–H groups in total. The first-order valence-corrected chi connectivity index (χ1v) is 18.5. The van der Waals surface area contributed by atoms with Gasteiger partial charge in [-0.1, -0.05) is 62.4 Å². The van der Waals surface area contributed by atoms with Crippen LogP contribution in [0.25, 0.3) is 0 Å². The van der Waals surface area contributed by atoms with Gasteiger partial charge in [0, 0.05) is 50.4 Å². The van der Waals surface area contributed by atoms with Crippen molar-refractivity contribution in [2.45, 2.75) is 70.5 Å². The van der Waals surface area contributed by atoms with Crippen LogP contribution in [0.5, 0.6) is 11.5 Å². The number of aromatic nitrogens is 2. The molecule has 1 aromatic carbocycles. The predicted molar refractivity (Wildman–Crippen MR) is 200 cm³/mol. The van der Waals surface area contributed by atoms with E-state index in [9.17, 15) is 14.4 Å². The second kappa shape index (κ2) is 17.1. The van der Waals surface area contributed by atoms with Gasteiger partial charge >= 0.3 is 6.03 Å². The SMILES string of the molecule is C=CC(=O)NC1CN(C(=O)C2CCN(C)CC2)CC1N(CCCCCCC)c1ncc2c(n1)N(C)C(=O)N(c1c(Cl)c(OC)cc(OC)c1Cl)C2. The first kappa shape index (κ1) is 38.4. The van der Waals surface area contributed by atoms with Crippen LogP contribution in [0.4, 0.5) is 22.2 Å². The molecule has 51 heavy (non-hydrogen) atoms. The number of nitrogens with one attached hydrogen (secondary N) is 1. The summed E-state index contributed by atoms with van der Waals surface area (Å²) >= 11 is 13.4. The Morgan fingerprint density at radius 2 is 1.73 bits per heavy atom. The number of carbonyl (C=O) groups excluding carboxylic acids is 3. The molecule has 0 aliphatic carbocycles. The lowest BCUT2D eigenvalue weighted by Gasteiger charge is -2.37. The largest absolute Gasteiger partial charge is 0.495 e. The zero-order chi connectivity index (χ0) is 36.8. The molecule has 4 amide bonds. The molecule has 0 bridgehead atoms. The number of piperidine rings is 1. The van der Waals surface area contributed by atoms with Crippen molar-refractivity contribution in [3.8, 4) is 11.5 Å². The van der Waals surface area contributed by atoms with Gasteiger partial charge in [-0.3, -0.25) is 19.4 Å². The molecule has 4 heterocycles. The van der Waals surface area contributed by atoms with Crippen molar-refractivity contribution in [2.75, 3.05) is 75.7 Å². The number of hydrogen-bond donors (Lipinski definition) is 1. The highest BCUT2D eigenvalue weighted by molar-refractivity contribution is 6.42. The number of hydrogen-bond acceptors (Lipinski definition) is 9. The molecule has 2 atom stereocenters. The van der Waals surface area contributed by atoms with E-state index in [0.29, 0.717) is 48.5 Å². The van der Waals surface area contributed by atoms with Crippen LogP contribution in [-0.2, 0) is 16.1 Å². The normalized spacial score (nSPS) is 19.6. The molecule has 5 rings (SSSR count). The summed E-state index contributed by atoms with van der Waals surface area (Å²) in [5.74, 6) is 1.27. The van der Waals surface area contributed by atoms with Gasteiger partial charge in [-0.25, -0.2) is 9.78 Å². The standard InChI is InChI=1S/C36H50Cl2N8O5/c1-7-9-10-11-12-15-45(26-22-44(21-25(26)40-29(47)8-2)34(48)23-13-16-42(3)17-14-23)35-39-19-24-20-46(36(49)43(4)33(24)41-35)32-30(37)27(50-5)18-28(51-6)31(32)38/h8,18-19,23,25-26H,2,7,9-17,20-22H2,1,3-6H3,(H,40,47). The molecular weight excluding hydrogens is 695 g/mol. The second-order valence-corrected chi connectivity index (χ2v) is 14.3. The number of methoxy groups -OCH3 is 2. The predicted octanol–water partition coefficient (Wildman–Crippen LogP) is 5.38. The van der Waals surface area contributed by atoms with E-state index in [1.807, 2.05) is 4.90 Å². The maximum atomic E-state index is 14.0. The number of nitrogens with zero attached hydrogens (tertiary/aromatic N) is 7. The van der Waals surface area contributed by atoms with Crippen molar-refractivity contribution in [2.24, 2.45) is 5.92 Å². The van der Waals surface area contributed by atoms with E-state index in [1.165, 1.54) is 30.1 Å². The zero-order valence-corrected chi connectivity index (χ0v) is 31.8. The summed E-state index contributed by atoms with van der Waals surface area (Å²) in [5.41, 5.74) is 0.940. The molecule has 3 aliphatic heterocycles. The van der Waals surface area contributed by atoms with Gasteiger partial charge in [0.05, 0.1) is 38.5 Å². The molecule has 2 saturated heterocycles. The topological polar surface area (TPSA) is 124 Å². The van der Waals surface area contributed by atoms with Crippen molar-refractivity contribution in [1.82, 2.24) is 25.1 Å². The van der Waals surface area contributed by atoms with E-state index in [4.69, 9.17) is 42.6 Å². The van der Waals surface area contributed by atoms with Crippen molar-refractivity contribution in [1.29, 1.82) is 0 Å². The van der Waals surface area contributed by atoms with Gasteiger partial charge in [-0.05, 0) is 45.5 Å². The highest BCUT2D eigenvalue weighted by Crippen LogP contribution is 2.48. The third kappa shape index (κ3) is 8.31. The Labute approximate surface area is 310 Å². The minimum atomic E-state index is -0.399. The first-order chi connectivity index (χ1) is 24.5. The van der Waals surface area contributed by atoms with Crippen LogP contribution in [0.15, 0.2) is 24.9 Å². The summed E-state index contributed by atoms with van der Waals surface area (Å²) in [6.45, 7) is 9.11. The van der Waals surface area contributed by atoms with Crippen molar-refractivity contribution in [3.63, 3.8) is 0 Å². The van der Waals surface area contributed by atoms with Gasteiger partial charge in [-0.15, -0.1) is 0 Å². The number of fused-ring (bicyclic) bond motifs is 1. The minimum Gasteiger partial charge on any atom is -0.495 e. The number of carbonyl (C=O) groups is 3. The molecule has 0 spiro atoms. The van der Waals surface area contributed by atoms with Gasteiger partial charge in [0.1, 0.15) is 27.4 Å². The van der Waals surface area contributed by atoms with Crippen molar-refractivity contribution < 1.29 is 23.9 Å². The molecule has 0 saturated carbocycles.